The van der Waals surface area contributed by atoms with E-state index in [0.29, 0.717) is 23.7 Å². The molecule has 2 aliphatic rings. The number of benzene rings is 2. The maximum Gasteiger partial charge on any atom is 0.227 e. The quantitative estimate of drug-likeness (QED) is 0.509. The number of pyridine rings is 1. The Hall–Kier alpha value is -3.19. The van der Waals surface area contributed by atoms with E-state index in [-0.39, 0.29) is 17.6 Å². The predicted molar refractivity (Wildman–Crippen MR) is 126 cm³/mol. The lowest BCUT2D eigenvalue weighted by atomic mass is 9.86. The Balaban J connectivity index is 1.23. The van der Waals surface area contributed by atoms with Crippen molar-refractivity contribution in [1.82, 2.24) is 4.98 Å². The number of halogens is 1. The van der Waals surface area contributed by atoms with Gasteiger partial charge in [-0.1, -0.05) is 12.8 Å². The first kappa shape index (κ1) is 20.7. The smallest absolute Gasteiger partial charge is 0.227 e. The van der Waals surface area contributed by atoms with Gasteiger partial charge in [0.05, 0.1) is 5.52 Å². The SMILES string of the molecule is C#Cc1ccc(NC(=O)C(C)C2C[C@H]3CC(c4ccnc5ccc(F)cc45)C[C@H]3C2)cc1. The first-order valence-electron chi connectivity index (χ1n) is 11.4. The summed E-state index contributed by atoms with van der Waals surface area (Å²) in [6.45, 7) is 2.05. The van der Waals surface area contributed by atoms with E-state index in [9.17, 15) is 9.18 Å². The van der Waals surface area contributed by atoms with Crippen molar-refractivity contribution in [2.45, 2.75) is 38.5 Å². The molecule has 1 heterocycles. The number of fused-ring (bicyclic) bond motifs is 2. The van der Waals surface area contributed by atoms with Gasteiger partial charge < -0.3 is 5.32 Å². The highest BCUT2D eigenvalue weighted by atomic mass is 19.1. The Labute approximate surface area is 188 Å². The molecule has 162 valence electrons. The van der Waals surface area contributed by atoms with Gasteiger partial charge in [0, 0.05) is 28.8 Å². The first-order valence-corrected chi connectivity index (χ1v) is 11.4. The van der Waals surface area contributed by atoms with Crippen molar-refractivity contribution < 1.29 is 9.18 Å². The number of amides is 1. The van der Waals surface area contributed by atoms with E-state index >= 15 is 0 Å². The molecule has 0 radical (unpaired) electrons. The highest BCUT2D eigenvalue weighted by Gasteiger charge is 2.44. The number of carbonyl (C=O) groups excluding carboxylic acids is 1. The van der Waals surface area contributed by atoms with Crippen LogP contribution in [0.4, 0.5) is 10.1 Å². The molecule has 4 heteroatoms. The molecule has 2 fully saturated rings. The summed E-state index contributed by atoms with van der Waals surface area (Å²) in [6.07, 6.45) is 11.6. The van der Waals surface area contributed by atoms with Crippen molar-refractivity contribution >= 4 is 22.5 Å². The first-order chi connectivity index (χ1) is 15.5. The van der Waals surface area contributed by atoms with Crippen molar-refractivity contribution in [1.29, 1.82) is 0 Å². The summed E-state index contributed by atoms with van der Waals surface area (Å²) in [5, 5.41) is 3.99. The molecule has 1 N–H and O–H groups in total. The van der Waals surface area contributed by atoms with Crippen molar-refractivity contribution in [3.63, 3.8) is 0 Å². The minimum absolute atomic E-state index is 0.0257. The number of aromatic nitrogens is 1. The Morgan fingerprint density at radius 1 is 1.09 bits per heavy atom. The molecule has 5 atom stereocenters. The summed E-state index contributed by atoms with van der Waals surface area (Å²) in [6, 6.07) is 14.3. The van der Waals surface area contributed by atoms with Gasteiger partial charge in [-0.2, -0.15) is 0 Å². The third kappa shape index (κ3) is 3.88. The number of terminal acetylenes is 1. The molecule has 1 aromatic heterocycles. The van der Waals surface area contributed by atoms with Crippen LogP contribution in [0, 0.1) is 41.8 Å². The summed E-state index contributed by atoms with van der Waals surface area (Å²) in [5.41, 5.74) is 3.68. The lowest BCUT2D eigenvalue weighted by molar-refractivity contribution is -0.120. The molecule has 2 aromatic carbocycles. The van der Waals surface area contributed by atoms with E-state index in [0.717, 1.165) is 47.8 Å². The minimum atomic E-state index is -0.209. The number of carbonyl (C=O) groups is 1. The zero-order valence-electron chi connectivity index (χ0n) is 18.2. The van der Waals surface area contributed by atoms with E-state index in [1.807, 2.05) is 37.4 Å². The summed E-state index contributed by atoms with van der Waals surface area (Å²) in [4.78, 5) is 17.2. The molecule has 1 amide bonds. The van der Waals surface area contributed by atoms with Crippen LogP contribution in [0.15, 0.2) is 54.7 Å². The fourth-order valence-corrected chi connectivity index (χ4v) is 5.94. The molecule has 2 saturated carbocycles. The van der Waals surface area contributed by atoms with Crippen LogP contribution in [0.2, 0.25) is 0 Å². The lowest BCUT2D eigenvalue weighted by Crippen LogP contribution is -2.26. The van der Waals surface area contributed by atoms with Crippen molar-refractivity contribution in [2.75, 3.05) is 5.32 Å². The molecule has 3 unspecified atom stereocenters. The van der Waals surface area contributed by atoms with Gasteiger partial charge in [0.15, 0.2) is 0 Å². The molecule has 0 bridgehead atoms. The summed E-state index contributed by atoms with van der Waals surface area (Å²) in [5.74, 6) is 4.54. The second-order valence-corrected chi connectivity index (χ2v) is 9.48. The number of nitrogens with one attached hydrogen (secondary N) is 1. The van der Waals surface area contributed by atoms with Crippen molar-refractivity contribution in [3.05, 3.63) is 71.7 Å². The zero-order chi connectivity index (χ0) is 22.2. The molecule has 2 aliphatic carbocycles. The third-order valence-electron chi connectivity index (χ3n) is 7.67. The Morgan fingerprint density at radius 2 is 1.81 bits per heavy atom. The van der Waals surface area contributed by atoms with Crippen molar-refractivity contribution in [2.24, 2.45) is 23.7 Å². The van der Waals surface area contributed by atoms with Gasteiger partial charge in [0.25, 0.3) is 0 Å². The Bertz CT molecular complexity index is 1180. The molecule has 32 heavy (non-hydrogen) atoms. The molecular weight excluding hydrogens is 399 g/mol. The van der Waals surface area contributed by atoms with Gasteiger partial charge in [-0.25, -0.2) is 4.39 Å². The van der Waals surface area contributed by atoms with Crippen LogP contribution < -0.4 is 5.32 Å². The fraction of sp³-hybridized carbons (Fsp3) is 0.357. The highest BCUT2D eigenvalue weighted by molar-refractivity contribution is 5.92. The second-order valence-electron chi connectivity index (χ2n) is 9.48. The number of hydrogen-bond acceptors (Lipinski definition) is 2. The molecule has 3 nitrogen and oxygen atoms in total. The van der Waals surface area contributed by atoms with Crippen molar-refractivity contribution in [3.8, 4) is 12.3 Å². The number of rotatable bonds is 4. The minimum Gasteiger partial charge on any atom is -0.326 e. The number of hydrogen-bond donors (Lipinski definition) is 1. The van der Waals surface area contributed by atoms with E-state index in [2.05, 4.69) is 22.3 Å². The van der Waals surface area contributed by atoms with E-state index in [1.54, 1.807) is 12.1 Å². The molecule has 3 aromatic rings. The lowest BCUT2D eigenvalue weighted by Gasteiger charge is -2.21. The van der Waals surface area contributed by atoms with Crippen LogP contribution in [0.25, 0.3) is 10.9 Å². The topological polar surface area (TPSA) is 42.0 Å². The molecule has 0 aliphatic heterocycles. The summed E-state index contributed by atoms with van der Waals surface area (Å²) < 4.78 is 13.9. The van der Waals surface area contributed by atoms with Crippen LogP contribution >= 0.6 is 0 Å². The van der Waals surface area contributed by atoms with Gasteiger partial charge >= 0.3 is 0 Å². The molecular formula is C28H27FN2O. The van der Waals surface area contributed by atoms with Crippen LogP contribution in [-0.4, -0.2) is 10.9 Å². The largest absolute Gasteiger partial charge is 0.326 e. The Morgan fingerprint density at radius 3 is 2.50 bits per heavy atom. The average Bonchev–Trinajstić information content (AvgIpc) is 3.38. The van der Waals surface area contributed by atoms with Gasteiger partial charge in [-0.15, -0.1) is 6.42 Å². The van der Waals surface area contributed by atoms with Gasteiger partial charge in [0.1, 0.15) is 5.82 Å². The summed E-state index contributed by atoms with van der Waals surface area (Å²) in [7, 11) is 0. The van der Waals surface area contributed by atoms with Crippen LogP contribution in [0.1, 0.15) is 49.7 Å². The monoisotopic (exact) mass is 426 g/mol. The molecule has 0 spiro atoms. The van der Waals surface area contributed by atoms with Crippen LogP contribution in [0.3, 0.4) is 0 Å². The normalized spacial score (nSPS) is 25.3. The fourth-order valence-electron chi connectivity index (χ4n) is 5.94. The van der Waals surface area contributed by atoms with Gasteiger partial charge in [-0.3, -0.25) is 9.78 Å². The van der Waals surface area contributed by atoms with Gasteiger partial charge in [0.2, 0.25) is 5.91 Å². The second kappa shape index (κ2) is 8.39. The van der Waals surface area contributed by atoms with E-state index < -0.39 is 0 Å². The number of nitrogens with zero attached hydrogens (tertiary/aromatic N) is 1. The third-order valence-corrected chi connectivity index (χ3v) is 7.67. The van der Waals surface area contributed by atoms with Crippen LogP contribution in [-0.2, 0) is 4.79 Å². The van der Waals surface area contributed by atoms with E-state index in [1.165, 1.54) is 11.6 Å². The van der Waals surface area contributed by atoms with Gasteiger partial charge in [-0.05, 0) is 103 Å². The average molecular weight is 427 g/mol. The summed E-state index contributed by atoms with van der Waals surface area (Å²) >= 11 is 0. The predicted octanol–water partition coefficient (Wildman–Crippen LogP) is 6.15. The maximum atomic E-state index is 13.9. The molecule has 5 rings (SSSR count). The Kier molecular flexibility index (Phi) is 5.43. The zero-order valence-corrected chi connectivity index (χ0v) is 18.2. The highest BCUT2D eigenvalue weighted by Crippen LogP contribution is 2.54. The number of anilines is 1. The standard InChI is InChI=1S/C28H27FN2O/c1-3-18-4-7-24(8-5-18)31-28(32)17(2)19-12-20-14-22(15-21(20)13-19)25-10-11-30-27-9-6-23(29)16-26(25)27/h1,4-11,16-17,19-22H,12-15H2,2H3,(H,31,32)/t17?,19?,20-,21+,22?. The molecule has 0 saturated heterocycles. The maximum absolute atomic E-state index is 13.9. The van der Waals surface area contributed by atoms with Crippen LogP contribution in [0.5, 0.6) is 0 Å². The van der Waals surface area contributed by atoms with E-state index in [4.69, 9.17) is 6.42 Å².